The van der Waals surface area contributed by atoms with Gasteiger partial charge in [-0.3, -0.25) is 4.90 Å². The molecule has 3 aromatic heterocycles. The van der Waals surface area contributed by atoms with E-state index in [0.717, 1.165) is 44.5 Å². The van der Waals surface area contributed by atoms with Crippen LogP contribution in [0.2, 0.25) is 0 Å². The van der Waals surface area contributed by atoms with Gasteiger partial charge in [0.05, 0.1) is 11.7 Å². The molecule has 2 aliphatic heterocycles. The fraction of sp³-hybridized carbons (Fsp3) is 0.429. The summed E-state index contributed by atoms with van der Waals surface area (Å²) in [5.41, 5.74) is 3.53. The third-order valence-corrected chi connectivity index (χ3v) is 7.60. The summed E-state index contributed by atoms with van der Waals surface area (Å²) in [6, 6.07) is 7.72. The lowest BCUT2D eigenvalue weighted by molar-refractivity contribution is 0.146. The van der Waals surface area contributed by atoms with E-state index in [0.29, 0.717) is 28.8 Å². The fourth-order valence-electron chi connectivity index (χ4n) is 5.79. The number of aryl methyl sites for hydroxylation is 1. The lowest BCUT2D eigenvalue weighted by Crippen LogP contribution is -2.45. The Balaban J connectivity index is 1.26. The molecule has 198 valence electrons. The number of hydrogen-bond donors (Lipinski definition) is 2. The Morgan fingerprint density at radius 2 is 1.87 bits per heavy atom. The lowest BCUT2D eigenvalue weighted by Gasteiger charge is -2.37. The number of fused-ring (bicyclic) bond motifs is 2. The van der Waals surface area contributed by atoms with E-state index in [9.17, 15) is 4.39 Å². The van der Waals surface area contributed by atoms with Gasteiger partial charge < -0.3 is 15.2 Å². The summed E-state index contributed by atoms with van der Waals surface area (Å²) in [5.74, 6) is 0.371. The summed E-state index contributed by atoms with van der Waals surface area (Å²) >= 11 is 0. The smallest absolute Gasteiger partial charge is 0.229 e. The van der Waals surface area contributed by atoms with Crippen LogP contribution in [-0.4, -0.2) is 55.1 Å². The molecular formula is C28H32F2N8. The van der Waals surface area contributed by atoms with E-state index in [1.165, 1.54) is 24.5 Å². The van der Waals surface area contributed by atoms with Gasteiger partial charge in [-0.1, -0.05) is 6.07 Å². The van der Waals surface area contributed by atoms with Crippen LogP contribution in [0, 0.1) is 18.6 Å². The maximum atomic E-state index is 15.0. The van der Waals surface area contributed by atoms with Crippen molar-refractivity contribution in [2.24, 2.45) is 0 Å². The minimum Gasteiger partial charge on any atom is -0.326 e. The van der Waals surface area contributed by atoms with Gasteiger partial charge in [0.25, 0.3) is 0 Å². The number of hydrogen-bond acceptors (Lipinski definition) is 7. The number of nitrogens with one attached hydrogen (secondary N) is 2. The van der Waals surface area contributed by atoms with Crippen LogP contribution < -0.4 is 10.6 Å². The molecule has 0 radical (unpaired) electrons. The van der Waals surface area contributed by atoms with Crippen molar-refractivity contribution in [3.8, 4) is 11.3 Å². The molecule has 1 saturated heterocycles. The maximum absolute atomic E-state index is 15.0. The molecule has 6 rings (SSSR count). The number of nitrogens with zero attached hydrogens (tertiary/aromatic N) is 6. The number of halogens is 2. The standard InChI is InChI=1S/C28H32F2N8/c1-16(2)38-17(3)33-27-21(29)12-19(13-24(27)38)26-22(30)14-32-28(36-26)35-25-5-4-18-15-37(11-8-23(18)34-25)20-6-9-31-10-7-20/h4-5,12-14,16,20,31H,6-11,15H2,1-3H3,(H,32,34,35,36). The summed E-state index contributed by atoms with van der Waals surface area (Å²) in [6.07, 6.45) is 4.35. The Hall–Kier alpha value is -3.50. The van der Waals surface area contributed by atoms with Gasteiger partial charge in [0, 0.05) is 42.9 Å². The molecule has 0 spiro atoms. The van der Waals surface area contributed by atoms with E-state index < -0.39 is 11.6 Å². The molecule has 5 heterocycles. The zero-order valence-corrected chi connectivity index (χ0v) is 21.9. The number of aromatic nitrogens is 5. The van der Waals surface area contributed by atoms with Gasteiger partial charge in [0.15, 0.2) is 11.6 Å². The molecule has 10 heteroatoms. The topological polar surface area (TPSA) is 83.8 Å². The van der Waals surface area contributed by atoms with Gasteiger partial charge in [-0.25, -0.2) is 28.7 Å². The molecule has 4 aromatic rings. The van der Waals surface area contributed by atoms with E-state index in [1.54, 1.807) is 6.07 Å². The molecule has 0 amide bonds. The normalized spacial score (nSPS) is 16.8. The molecule has 2 aliphatic rings. The SMILES string of the molecule is Cc1nc2c(F)cc(-c3nc(Nc4ccc5c(n4)CCN(C4CCNCC4)C5)ncc3F)cc2n1C(C)C. The summed E-state index contributed by atoms with van der Waals surface area (Å²) < 4.78 is 31.8. The average molecular weight is 519 g/mol. The second kappa shape index (κ2) is 9.99. The summed E-state index contributed by atoms with van der Waals surface area (Å²) in [7, 11) is 0. The van der Waals surface area contributed by atoms with Gasteiger partial charge >= 0.3 is 0 Å². The lowest BCUT2D eigenvalue weighted by atomic mass is 9.99. The highest BCUT2D eigenvalue weighted by atomic mass is 19.1. The third kappa shape index (κ3) is 4.63. The zero-order valence-electron chi connectivity index (χ0n) is 21.9. The van der Waals surface area contributed by atoms with Gasteiger partial charge in [-0.05, 0) is 70.5 Å². The second-order valence-corrected chi connectivity index (χ2v) is 10.5. The summed E-state index contributed by atoms with van der Waals surface area (Å²) in [6.45, 7) is 9.90. The molecule has 1 aromatic carbocycles. The molecule has 0 unspecified atom stereocenters. The Bertz CT molecular complexity index is 1490. The molecule has 2 N–H and O–H groups in total. The second-order valence-electron chi connectivity index (χ2n) is 10.5. The van der Waals surface area contributed by atoms with Crippen LogP contribution in [0.5, 0.6) is 0 Å². The van der Waals surface area contributed by atoms with E-state index >= 15 is 4.39 Å². The van der Waals surface area contributed by atoms with Crippen LogP contribution in [0.4, 0.5) is 20.5 Å². The maximum Gasteiger partial charge on any atom is 0.229 e. The predicted molar refractivity (Wildman–Crippen MR) is 143 cm³/mol. The third-order valence-electron chi connectivity index (χ3n) is 7.60. The Kier molecular flexibility index (Phi) is 6.53. The van der Waals surface area contributed by atoms with Crippen LogP contribution in [0.1, 0.15) is 49.8 Å². The number of piperidine rings is 1. The molecule has 38 heavy (non-hydrogen) atoms. The minimum absolute atomic E-state index is 0.0213. The molecule has 0 saturated carbocycles. The number of rotatable bonds is 5. The van der Waals surface area contributed by atoms with Crippen LogP contribution in [0.3, 0.4) is 0 Å². The van der Waals surface area contributed by atoms with Crippen molar-refractivity contribution >= 4 is 22.8 Å². The quantitative estimate of drug-likeness (QED) is 0.388. The molecule has 0 bridgehead atoms. The van der Waals surface area contributed by atoms with Crippen molar-refractivity contribution in [1.82, 2.24) is 34.7 Å². The van der Waals surface area contributed by atoms with Gasteiger partial charge in [0.2, 0.25) is 5.95 Å². The van der Waals surface area contributed by atoms with Crippen LogP contribution in [-0.2, 0) is 13.0 Å². The predicted octanol–water partition coefficient (Wildman–Crippen LogP) is 4.91. The van der Waals surface area contributed by atoms with Crippen molar-refractivity contribution in [3.05, 3.63) is 59.2 Å². The van der Waals surface area contributed by atoms with Crippen LogP contribution in [0.25, 0.3) is 22.3 Å². The first-order valence-corrected chi connectivity index (χ1v) is 13.3. The monoisotopic (exact) mass is 518 g/mol. The van der Waals surface area contributed by atoms with Gasteiger partial charge in [-0.15, -0.1) is 0 Å². The number of benzene rings is 1. The molecule has 0 atom stereocenters. The Labute approximate surface area is 220 Å². The highest BCUT2D eigenvalue weighted by Crippen LogP contribution is 2.31. The van der Waals surface area contributed by atoms with Crippen molar-refractivity contribution in [2.45, 2.75) is 58.7 Å². The first-order valence-electron chi connectivity index (χ1n) is 13.3. The largest absolute Gasteiger partial charge is 0.326 e. The highest BCUT2D eigenvalue weighted by Gasteiger charge is 2.26. The molecule has 8 nitrogen and oxygen atoms in total. The van der Waals surface area contributed by atoms with E-state index in [1.807, 2.05) is 31.4 Å². The highest BCUT2D eigenvalue weighted by molar-refractivity contribution is 5.83. The number of imidazole rings is 1. The molecule has 0 aliphatic carbocycles. The molecule has 1 fully saturated rings. The first-order chi connectivity index (χ1) is 18.4. The zero-order chi connectivity index (χ0) is 26.4. The van der Waals surface area contributed by atoms with Crippen molar-refractivity contribution in [1.29, 1.82) is 0 Å². The fourth-order valence-corrected chi connectivity index (χ4v) is 5.79. The van der Waals surface area contributed by atoms with Crippen molar-refractivity contribution < 1.29 is 8.78 Å². The number of anilines is 2. The van der Waals surface area contributed by atoms with E-state index in [4.69, 9.17) is 4.98 Å². The summed E-state index contributed by atoms with van der Waals surface area (Å²) in [4.78, 5) is 20.3. The number of pyridine rings is 1. The average Bonchev–Trinajstić information content (AvgIpc) is 3.26. The minimum atomic E-state index is -0.627. The van der Waals surface area contributed by atoms with Crippen LogP contribution in [0.15, 0.2) is 30.5 Å². The summed E-state index contributed by atoms with van der Waals surface area (Å²) in [5, 5.41) is 6.55. The Morgan fingerprint density at radius 1 is 1.05 bits per heavy atom. The molecular weight excluding hydrogens is 486 g/mol. The van der Waals surface area contributed by atoms with Gasteiger partial charge in [0.1, 0.15) is 22.9 Å². The van der Waals surface area contributed by atoms with E-state index in [2.05, 4.69) is 36.6 Å². The van der Waals surface area contributed by atoms with E-state index in [-0.39, 0.29) is 23.2 Å². The van der Waals surface area contributed by atoms with Crippen molar-refractivity contribution in [2.75, 3.05) is 25.0 Å². The van der Waals surface area contributed by atoms with Gasteiger partial charge in [-0.2, -0.15) is 0 Å². The Morgan fingerprint density at radius 3 is 2.66 bits per heavy atom. The van der Waals surface area contributed by atoms with Crippen LogP contribution >= 0.6 is 0 Å². The van der Waals surface area contributed by atoms with Crippen molar-refractivity contribution in [3.63, 3.8) is 0 Å². The first kappa shape index (κ1) is 24.8.